The van der Waals surface area contributed by atoms with Crippen molar-refractivity contribution in [3.63, 3.8) is 0 Å². The highest BCUT2D eigenvalue weighted by Crippen LogP contribution is 2.20. The van der Waals surface area contributed by atoms with Crippen LogP contribution in [0.3, 0.4) is 0 Å². The topological polar surface area (TPSA) is 46.0 Å². The van der Waals surface area contributed by atoms with Gasteiger partial charge < -0.3 is 5.11 Å². The first-order valence-corrected chi connectivity index (χ1v) is 4.96. The highest BCUT2D eigenvalue weighted by molar-refractivity contribution is 6.28. The van der Waals surface area contributed by atoms with E-state index in [2.05, 4.69) is 9.97 Å². The minimum absolute atomic E-state index is 0.132. The lowest BCUT2D eigenvalue weighted by atomic mass is 10.1. The molecular weight excluding hydrogens is 231 g/mol. The van der Waals surface area contributed by atoms with Gasteiger partial charge in [-0.15, -0.1) is 0 Å². The number of halogens is 2. The molecule has 0 amide bonds. The molecule has 0 saturated heterocycles. The molecule has 0 bridgehead atoms. The molecule has 2 aromatic rings. The lowest BCUT2D eigenvalue weighted by molar-refractivity contribution is 0.276. The van der Waals surface area contributed by atoms with Crippen LogP contribution in [0.2, 0.25) is 5.28 Å². The van der Waals surface area contributed by atoms with Crippen LogP contribution in [0.25, 0.3) is 11.3 Å². The van der Waals surface area contributed by atoms with E-state index in [1.165, 1.54) is 18.3 Å². The van der Waals surface area contributed by atoms with Crippen LogP contribution in [0, 0.1) is 5.82 Å². The zero-order chi connectivity index (χ0) is 11.5. The summed E-state index contributed by atoms with van der Waals surface area (Å²) in [5, 5.41) is 9.08. The lowest BCUT2D eigenvalue weighted by Gasteiger charge is -2.04. The average Bonchev–Trinajstić information content (AvgIpc) is 2.29. The third kappa shape index (κ3) is 2.18. The molecule has 0 unspecified atom stereocenters. The zero-order valence-electron chi connectivity index (χ0n) is 8.19. The first-order valence-electron chi connectivity index (χ1n) is 4.59. The fourth-order valence-electron chi connectivity index (χ4n) is 1.35. The Morgan fingerprint density at radius 1 is 1.31 bits per heavy atom. The van der Waals surface area contributed by atoms with Crippen molar-refractivity contribution in [3.8, 4) is 11.3 Å². The summed E-state index contributed by atoms with van der Waals surface area (Å²) in [5.41, 5.74) is 1.51. The van der Waals surface area contributed by atoms with E-state index in [9.17, 15) is 4.39 Å². The number of aliphatic hydroxyl groups excluding tert-OH is 1. The van der Waals surface area contributed by atoms with E-state index < -0.39 is 5.82 Å². The number of benzene rings is 1. The molecule has 0 atom stereocenters. The van der Waals surface area contributed by atoms with Gasteiger partial charge in [0.05, 0.1) is 12.3 Å². The van der Waals surface area contributed by atoms with Gasteiger partial charge >= 0.3 is 0 Å². The number of rotatable bonds is 2. The average molecular weight is 239 g/mol. The van der Waals surface area contributed by atoms with Crippen LogP contribution < -0.4 is 0 Å². The molecule has 0 saturated carbocycles. The molecule has 2 rings (SSSR count). The monoisotopic (exact) mass is 238 g/mol. The van der Waals surface area contributed by atoms with Gasteiger partial charge in [0, 0.05) is 17.3 Å². The minimum Gasteiger partial charge on any atom is -0.392 e. The first-order chi connectivity index (χ1) is 7.70. The maximum absolute atomic E-state index is 13.1. The second kappa shape index (κ2) is 4.55. The Kier molecular flexibility index (Phi) is 3.12. The van der Waals surface area contributed by atoms with Gasteiger partial charge in [0.25, 0.3) is 0 Å². The second-order valence-corrected chi connectivity index (χ2v) is 3.51. The van der Waals surface area contributed by atoms with E-state index in [-0.39, 0.29) is 17.5 Å². The van der Waals surface area contributed by atoms with E-state index in [0.717, 1.165) is 0 Å². The lowest BCUT2D eigenvalue weighted by Crippen LogP contribution is -1.92. The summed E-state index contributed by atoms with van der Waals surface area (Å²) >= 11 is 5.65. The molecule has 82 valence electrons. The maximum Gasteiger partial charge on any atom is 0.222 e. The highest BCUT2D eigenvalue weighted by atomic mass is 35.5. The number of aromatic nitrogens is 2. The van der Waals surface area contributed by atoms with Gasteiger partial charge in [-0.3, -0.25) is 0 Å². The van der Waals surface area contributed by atoms with Crippen molar-refractivity contribution in [3.05, 3.63) is 47.1 Å². The molecule has 1 N–H and O–H groups in total. The van der Waals surface area contributed by atoms with E-state index in [0.29, 0.717) is 11.3 Å². The van der Waals surface area contributed by atoms with E-state index in [1.54, 1.807) is 12.1 Å². The van der Waals surface area contributed by atoms with Crippen LogP contribution in [0.15, 0.2) is 30.5 Å². The summed E-state index contributed by atoms with van der Waals surface area (Å²) in [4.78, 5) is 7.76. The molecule has 1 aromatic carbocycles. The molecule has 0 aliphatic heterocycles. The Bertz CT molecular complexity index is 519. The summed E-state index contributed by atoms with van der Waals surface area (Å²) in [6, 6.07) is 6.07. The molecule has 5 heteroatoms. The van der Waals surface area contributed by atoms with Gasteiger partial charge in [0.2, 0.25) is 5.28 Å². The Hall–Kier alpha value is -1.52. The molecule has 0 spiro atoms. The predicted octanol–water partition coefficient (Wildman–Crippen LogP) is 2.43. The van der Waals surface area contributed by atoms with Crippen LogP contribution in [0.1, 0.15) is 5.56 Å². The van der Waals surface area contributed by atoms with Crippen molar-refractivity contribution >= 4 is 11.6 Å². The van der Waals surface area contributed by atoms with Crippen LogP contribution >= 0.6 is 11.6 Å². The molecule has 0 aliphatic carbocycles. The summed E-state index contributed by atoms with van der Waals surface area (Å²) in [7, 11) is 0. The van der Waals surface area contributed by atoms with Gasteiger partial charge in [-0.25, -0.2) is 14.4 Å². The van der Waals surface area contributed by atoms with Crippen molar-refractivity contribution in [2.45, 2.75) is 6.61 Å². The van der Waals surface area contributed by atoms with Crippen LogP contribution in [-0.2, 0) is 6.61 Å². The molecule has 0 fully saturated rings. The van der Waals surface area contributed by atoms with E-state index in [1.807, 2.05) is 0 Å². The second-order valence-electron chi connectivity index (χ2n) is 3.18. The molecule has 0 radical (unpaired) electrons. The van der Waals surface area contributed by atoms with Crippen LogP contribution in [-0.4, -0.2) is 15.1 Å². The molecule has 1 aromatic heterocycles. The number of hydrogen-bond donors (Lipinski definition) is 1. The zero-order valence-corrected chi connectivity index (χ0v) is 8.95. The van der Waals surface area contributed by atoms with Crippen molar-refractivity contribution < 1.29 is 9.50 Å². The van der Waals surface area contributed by atoms with E-state index >= 15 is 0 Å². The third-order valence-electron chi connectivity index (χ3n) is 2.14. The number of aliphatic hydroxyl groups is 1. The van der Waals surface area contributed by atoms with Crippen LogP contribution in [0.5, 0.6) is 0 Å². The van der Waals surface area contributed by atoms with Crippen molar-refractivity contribution in [2.24, 2.45) is 0 Å². The quantitative estimate of drug-likeness (QED) is 0.818. The Morgan fingerprint density at radius 2 is 2.12 bits per heavy atom. The van der Waals surface area contributed by atoms with Crippen molar-refractivity contribution in [1.29, 1.82) is 0 Å². The van der Waals surface area contributed by atoms with Gasteiger partial charge in [0.1, 0.15) is 5.82 Å². The summed E-state index contributed by atoms with van der Waals surface area (Å²) in [5.74, 6) is -0.439. The SMILES string of the molecule is OCc1cc(-c2ccnc(Cl)n2)ccc1F. The van der Waals surface area contributed by atoms with Crippen LogP contribution in [0.4, 0.5) is 4.39 Å². The number of hydrogen-bond acceptors (Lipinski definition) is 3. The molecule has 16 heavy (non-hydrogen) atoms. The molecular formula is C11H8ClFN2O. The fraction of sp³-hybridized carbons (Fsp3) is 0.0909. The predicted molar refractivity (Wildman–Crippen MR) is 58.4 cm³/mol. The van der Waals surface area contributed by atoms with Crippen molar-refractivity contribution in [2.75, 3.05) is 0 Å². The number of nitrogens with zero attached hydrogens (tertiary/aromatic N) is 2. The first kappa shape index (κ1) is 11.0. The van der Waals surface area contributed by atoms with Gasteiger partial charge in [-0.05, 0) is 35.9 Å². The maximum atomic E-state index is 13.1. The van der Waals surface area contributed by atoms with Crippen molar-refractivity contribution in [1.82, 2.24) is 9.97 Å². The fourth-order valence-corrected chi connectivity index (χ4v) is 1.50. The Balaban J connectivity index is 2.48. The van der Waals surface area contributed by atoms with Gasteiger partial charge in [-0.1, -0.05) is 0 Å². The highest BCUT2D eigenvalue weighted by Gasteiger charge is 2.05. The van der Waals surface area contributed by atoms with Gasteiger partial charge in [0.15, 0.2) is 0 Å². The normalized spacial score (nSPS) is 10.4. The standard InChI is InChI=1S/C11H8ClFN2O/c12-11-14-4-3-10(15-11)7-1-2-9(13)8(5-7)6-16/h1-5,16H,6H2. The Labute approximate surface area is 96.6 Å². The van der Waals surface area contributed by atoms with E-state index in [4.69, 9.17) is 16.7 Å². The smallest absolute Gasteiger partial charge is 0.222 e. The third-order valence-corrected chi connectivity index (χ3v) is 2.32. The summed E-state index contributed by atoms with van der Waals surface area (Å²) in [6.07, 6.45) is 1.52. The minimum atomic E-state index is -0.439. The largest absolute Gasteiger partial charge is 0.392 e. The summed E-state index contributed by atoms with van der Waals surface area (Å²) in [6.45, 7) is -0.349. The summed E-state index contributed by atoms with van der Waals surface area (Å²) < 4.78 is 13.1. The molecule has 0 aliphatic rings. The Morgan fingerprint density at radius 3 is 2.81 bits per heavy atom. The molecule has 3 nitrogen and oxygen atoms in total. The van der Waals surface area contributed by atoms with Gasteiger partial charge in [-0.2, -0.15) is 0 Å². The molecule has 1 heterocycles.